The predicted octanol–water partition coefficient (Wildman–Crippen LogP) is 6.78. The van der Waals surface area contributed by atoms with Crippen LogP contribution in [0.3, 0.4) is 0 Å². The Bertz CT molecular complexity index is 1360. The highest BCUT2D eigenvalue weighted by molar-refractivity contribution is 6.15. The number of anilines is 1. The summed E-state index contributed by atoms with van der Waals surface area (Å²) in [7, 11) is 4.12. The van der Waals surface area contributed by atoms with E-state index < -0.39 is 0 Å². The van der Waals surface area contributed by atoms with Crippen LogP contribution in [0.1, 0.15) is 11.1 Å². The van der Waals surface area contributed by atoms with Crippen LogP contribution < -0.4 is 4.90 Å². The highest BCUT2D eigenvalue weighted by Crippen LogP contribution is 2.33. The molecule has 0 aliphatic heterocycles. The van der Waals surface area contributed by atoms with Gasteiger partial charge in [-0.2, -0.15) is 0 Å². The maximum Gasteiger partial charge on any atom is 0.0722 e. The van der Waals surface area contributed by atoms with Crippen LogP contribution in [0.4, 0.5) is 5.69 Å². The molecule has 2 nitrogen and oxygen atoms in total. The van der Waals surface area contributed by atoms with Gasteiger partial charge in [0.2, 0.25) is 0 Å². The maximum atomic E-state index is 4.94. The van der Waals surface area contributed by atoms with E-state index in [1.54, 1.807) is 0 Å². The Kier molecular flexibility index (Phi) is 4.25. The van der Waals surface area contributed by atoms with Crippen molar-refractivity contribution in [2.75, 3.05) is 19.0 Å². The number of pyridine rings is 1. The van der Waals surface area contributed by atoms with E-state index in [2.05, 4.69) is 116 Å². The first-order valence-corrected chi connectivity index (χ1v) is 9.86. The number of hydrogen-bond donors (Lipinski definition) is 0. The molecule has 0 aliphatic rings. The van der Waals surface area contributed by atoms with Crippen molar-refractivity contribution in [3.63, 3.8) is 0 Å². The van der Waals surface area contributed by atoms with Gasteiger partial charge in [-0.05, 0) is 46.2 Å². The number of nitrogens with zero attached hydrogens (tertiary/aromatic N) is 2. The van der Waals surface area contributed by atoms with E-state index in [-0.39, 0.29) is 0 Å². The molecule has 4 aromatic carbocycles. The largest absolute Gasteiger partial charge is 0.378 e. The summed E-state index contributed by atoms with van der Waals surface area (Å²) in [6, 6.07) is 29.9. The first-order valence-electron chi connectivity index (χ1n) is 9.86. The highest BCUT2D eigenvalue weighted by atomic mass is 15.1. The zero-order chi connectivity index (χ0) is 19.8. The van der Waals surface area contributed by atoms with Gasteiger partial charge in [0.25, 0.3) is 0 Å². The van der Waals surface area contributed by atoms with Gasteiger partial charge in [-0.3, -0.25) is 0 Å². The first kappa shape index (κ1) is 17.4. The predicted molar refractivity (Wildman–Crippen MR) is 126 cm³/mol. The Hall–Kier alpha value is -3.65. The van der Waals surface area contributed by atoms with Crippen molar-refractivity contribution in [1.29, 1.82) is 0 Å². The number of rotatable bonds is 3. The molecule has 0 saturated carbocycles. The lowest BCUT2D eigenvalue weighted by Gasteiger charge is -2.12. The normalized spacial score (nSPS) is 11.7. The minimum atomic E-state index is 1.03. The zero-order valence-electron chi connectivity index (χ0n) is 16.6. The topological polar surface area (TPSA) is 16.1 Å². The van der Waals surface area contributed by atoms with Crippen molar-refractivity contribution in [1.82, 2.24) is 4.98 Å². The Morgan fingerprint density at radius 3 is 2.17 bits per heavy atom. The number of benzene rings is 4. The molecule has 0 aliphatic carbocycles. The number of para-hydroxylation sites is 1. The number of aromatic nitrogens is 1. The van der Waals surface area contributed by atoms with E-state index in [1.165, 1.54) is 38.4 Å². The third kappa shape index (κ3) is 3.13. The molecule has 29 heavy (non-hydrogen) atoms. The fourth-order valence-corrected chi connectivity index (χ4v) is 3.94. The van der Waals surface area contributed by atoms with Crippen molar-refractivity contribution in [3.8, 4) is 0 Å². The summed E-state index contributed by atoms with van der Waals surface area (Å²) in [6.45, 7) is 0. The van der Waals surface area contributed by atoms with Gasteiger partial charge in [0.05, 0.1) is 11.0 Å². The lowest BCUT2D eigenvalue weighted by atomic mass is 9.96. The number of hydrogen-bond acceptors (Lipinski definition) is 2. The standard InChI is InChI=1S/C27H22N2/c1-29(2)21-15-11-19(12-16-21)13-17-24-23-9-5-6-10-25(23)28-26-18-14-20-7-3-4-8-22(20)27(24)26/h3-18H,1-2H3/b17-13-. The first-order chi connectivity index (χ1) is 14.2. The van der Waals surface area contributed by atoms with Crippen LogP contribution in [-0.4, -0.2) is 19.1 Å². The molecule has 0 fully saturated rings. The molecule has 0 spiro atoms. The Morgan fingerprint density at radius 2 is 1.38 bits per heavy atom. The minimum Gasteiger partial charge on any atom is -0.378 e. The van der Waals surface area contributed by atoms with E-state index >= 15 is 0 Å². The molecule has 1 heterocycles. The van der Waals surface area contributed by atoms with Crippen molar-refractivity contribution in [2.24, 2.45) is 0 Å². The maximum absolute atomic E-state index is 4.94. The van der Waals surface area contributed by atoms with E-state index in [9.17, 15) is 0 Å². The third-order valence-electron chi connectivity index (χ3n) is 5.46. The molecule has 5 rings (SSSR count). The van der Waals surface area contributed by atoms with E-state index in [1.807, 2.05) is 0 Å². The van der Waals surface area contributed by atoms with Crippen molar-refractivity contribution >= 4 is 50.4 Å². The fourth-order valence-electron chi connectivity index (χ4n) is 3.94. The fraction of sp³-hybridized carbons (Fsp3) is 0.0741. The van der Waals surface area contributed by atoms with Crippen LogP contribution in [0, 0.1) is 0 Å². The molecule has 1 aromatic heterocycles. The summed E-state index contributed by atoms with van der Waals surface area (Å²) >= 11 is 0. The Balaban J connectivity index is 1.76. The molecule has 140 valence electrons. The van der Waals surface area contributed by atoms with Crippen LogP contribution >= 0.6 is 0 Å². The molecule has 0 N–H and O–H groups in total. The molecular formula is C27H22N2. The lowest BCUT2D eigenvalue weighted by Crippen LogP contribution is -2.07. The van der Waals surface area contributed by atoms with Gasteiger partial charge in [0.15, 0.2) is 0 Å². The molecule has 5 aromatic rings. The summed E-state index contributed by atoms with van der Waals surface area (Å²) in [5.74, 6) is 0. The molecule has 0 radical (unpaired) electrons. The Labute approximate surface area is 170 Å². The van der Waals surface area contributed by atoms with Crippen LogP contribution in [0.15, 0.2) is 84.9 Å². The van der Waals surface area contributed by atoms with Gasteiger partial charge < -0.3 is 4.90 Å². The van der Waals surface area contributed by atoms with Crippen LogP contribution in [0.5, 0.6) is 0 Å². The van der Waals surface area contributed by atoms with Crippen molar-refractivity contribution in [3.05, 3.63) is 96.1 Å². The summed E-state index contributed by atoms with van der Waals surface area (Å²) in [6.07, 6.45) is 4.44. The van der Waals surface area contributed by atoms with E-state index in [4.69, 9.17) is 4.98 Å². The smallest absolute Gasteiger partial charge is 0.0722 e. The van der Waals surface area contributed by atoms with E-state index in [0.29, 0.717) is 0 Å². The van der Waals surface area contributed by atoms with Crippen molar-refractivity contribution < 1.29 is 0 Å². The van der Waals surface area contributed by atoms with Gasteiger partial charge in [-0.25, -0.2) is 4.98 Å². The van der Waals surface area contributed by atoms with Crippen LogP contribution in [0.25, 0.3) is 44.7 Å². The molecule has 0 saturated heterocycles. The second-order valence-corrected chi connectivity index (χ2v) is 7.54. The summed E-state index contributed by atoms with van der Waals surface area (Å²) in [5.41, 5.74) is 5.67. The zero-order valence-corrected chi connectivity index (χ0v) is 16.6. The molecular weight excluding hydrogens is 352 g/mol. The Morgan fingerprint density at radius 1 is 0.655 bits per heavy atom. The molecule has 2 heteroatoms. The monoisotopic (exact) mass is 374 g/mol. The molecule has 0 amide bonds. The molecule has 0 bridgehead atoms. The number of fused-ring (bicyclic) bond motifs is 4. The van der Waals surface area contributed by atoms with Gasteiger partial charge in [0.1, 0.15) is 0 Å². The quantitative estimate of drug-likeness (QED) is 0.256. The van der Waals surface area contributed by atoms with Crippen molar-refractivity contribution in [2.45, 2.75) is 0 Å². The third-order valence-corrected chi connectivity index (χ3v) is 5.46. The summed E-state index contributed by atoms with van der Waals surface area (Å²) < 4.78 is 0. The van der Waals surface area contributed by atoms with Gasteiger partial charge in [-0.15, -0.1) is 0 Å². The summed E-state index contributed by atoms with van der Waals surface area (Å²) in [5, 5.41) is 4.87. The van der Waals surface area contributed by atoms with Gasteiger partial charge in [-0.1, -0.05) is 72.8 Å². The van der Waals surface area contributed by atoms with Crippen LogP contribution in [-0.2, 0) is 0 Å². The van der Waals surface area contributed by atoms with Gasteiger partial charge >= 0.3 is 0 Å². The minimum absolute atomic E-state index is 1.03. The van der Waals surface area contributed by atoms with E-state index in [0.717, 1.165) is 11.0 Å². The molecule has 0 atom stereocenters. The van der Waals surface area contributed by atoms with Gasteiger partial charge in [0, 0.05) is 30.6 Å². The molecule has 0 unspecified atom stereocenters. The second kappa shape index (κ2) is 7.06. The lowest BCUT2D eigenvalue weighted by molar-refractivity contribution is 1.13. The SMILES string of the molecule is CN(C)c1ccc(/C=C\c2c3ccccc3nc3ccc4ccccc4c23)cc1. The summed E-state index contributed by atoms with van der Waals surface area (Å²) in [4.78, 5) is 7.05. The average molecular weight is 374 g/mol. The average Bonchev–Trinajstić information content (AvgIpc) is 2.76. The van der Waals surface area contributed by atoms with Crippen LogP contribution in [0.2, 0.25) is 0 Å². The highest BCUT2D eigenvalue weighted by Gasteiger charge is 2.10. The second-order valence-electron chi connectivity index (χ2n) is 7.54.